The van der Waals surface area contributed by atoms with Crippen LogP contribution >= 0.6 is 0 Å². The number of ether oxygens (including phenoxy) is 6. The van der Waals surface area contributed by atoms with E-state index >= 15 is 0 Å². The second kappa shape index (κ2) is 17.6. The Bertz CT molecular complexity index is 2650. The molecule has 4 aromatic rings. The number of urea groups is 1. The standard InChI is InChI=1S/C39H36N6O15S2/c1-55-27-15-23(16-28(56-2)37(27)59-5)42-44-33-31(61(49,50)51)13-19-11-21(7-9-25(19)35(33)46)40-39(48)41-22-8-10-26-20(12-22)14-32(62(52,53)54)34(36(26)47)45-43-24-17-29(57-3)38(60-6)30(18-24)58-4/h7-18,42-43H,1-6H3,(H2,40,41,48)(H,49,50,51)(H,52,53,54)/b44-33-,45-34-. The molecule has 0 heterocycles. The van der Waals surface area contributed by atoms with Crippen LogP contribution in [0, 0.1) is 0 Å². The van der Waals surface area contributed by atoms with Crippen LogP contribution in [0.3, 0.4) is 0 Å². The SMILES string of the molecule is COc1cc(N/N=C2\C(=O)c3ccc(NC(=O)Nc4ccc5c(c4)C=C(S(=O)(=O)O)/C(=N/Nc4cc(OC)c(OC)c(OC)c4)C5=O)cc3C=C2S(=O)(=O)O)cc(OC)c1OC. The van der Waals surface area contributed by atoms with Crippen LogP contribution in [-0.4, -0.2) is 97.6 Å². The number of benzene rings is 4. The third-order valence-corrected chi connectivity index (χ3v) is 10.8. The molecule has 23 heteroatoms. The van der Waals surface area contributed by atoms with Crippen LogP contribution in [0.2, 0.25) is 0 Å². The molecular weight excluding hydrogens is 857 g/mol. The first-order valence-corrected chi connectivity index (χ1v) is 20.4. The van der Waals surface area contributed by atoms with Gasteiger partial charge in [0.2, 0.25) is 23.1 Å². The molecule has 0 saturated heterocycles. The molecule has 6 N–H and O–H groups in total. The van der Waals surface area contributed by atoms with Gasteiger partial charge < -0.3 is 39.1 Å². The lowest BCUT2D eigenvalue weighted by atomic mass is 9.94. The lowest BCUT2D eigenvalue weighted by Gasteiger charge is -2.19. The third-order valence-electron chi connectivity index (χ3n) is 9.06. The molecule has 2 aliphatic carbocycles. The number of carbonyl (C=O) groups excluding carboxylic acids is 3. The number of hydrazone groups is 2. The number of carbonyl (C=O) groups is 3. The Kier molecular flexibility index (Phi) is 12.5. The Balaban J connectivity index is 1.22. The number of ketones is 2. The van der Waals surface area contributed by atoms with E-state index < -0.39 is 59.1 Å². The summed E-state index contributed by atoms with van der Waals surface area (Å²) in [6.45, 7) is 0. The first kappa shape index (κ1) is 44.1. The number of allylic oxidation sites excluding steroid dienone is 2. The van der Waals surface area contributed by atoms with Gasteiger partial charge in [0.15, 0.2) is 34.4 Å². The number of Topliss-reactive ketones (excluding diaryl/α,β-unsaturated/α-hetero) is 2. The fourth-order valence-electron chi connectivity index (χ4n) is 6.26. The first-order chi connectivity index (χ1) is 29.4. The number of nitrogens with zero attached hydrogens (tertiary/aromatic N) is 2. The molecule has 0 bridgehead atoms. The van der Waals surface area contributed by atoms with Crippen molar-refractivity contribution in [2.75, 3.05) is 64.1 Å². The zero-order valence-electron chi connectivity index (χ0n) is 33.3. The summed E-state index contributed by atoms with van der Waals surface area (Å²) < 4.78 is 102. The van der Waals surface area contributed by atoms with Crippen molar-refractivity contribution in [1.82, 2.24) is 0 Å². The highest BCUT2D eigenvalue weighted by Crippen LogP contribution is 2.41. The van der Waals surface area contributed by atoms with Crippen molar-refractivity contribution in [2.45, 2.75) is 0 Å². The molecule has 0 spiro atoms. The zero-order valence-corrected chi connectivity index (χ0v) is 35.0. The quantitative estimate of drug-likeness (QED) is 0.0703. The van der Waals surface area contributed by atoms with Gasteiger partial charge in [0.05, 0.1) is 54.0 Å². The number of methoxy groups -OCH3 is 6. The largest absolute Gasteiger partial charge is 0.493 e. The Hall–Kier alpha value is -7.47. The van der Waals surface area contributed by atoms with Crippen molar-refractivity contribution in [3.05, 3.63) is 92.7 Å². The molecule has 62 heavy (non-hydrogen) atoms. The Morgan fingerprint density at radius 1 is 0.516 bits per heavy atom. The lowest BCUT2D eigenvalue weighted by molar-refractivity contribution is 0.105. The third kappa shape index (κ3) is 8.99. The second-order valence-electron chi connectivity index (χ2n) is 12.8. The maximum atomic E-state index is 13.6. The highest BCUT2D eigenvalue weighted by Gasteiger charge is 2.35. The van der Waals surface area contributed by atoms with Crippen molar-refractivity contribution in [3.8, 4) is 34.5 Å². The number of amides is 2. The van der Waals surface area contributed by atoms with Crippen LogP contribution in [0.15, 0.2) is 80.7 Å². The van der Waals surface area contributed by atoms with Gasteiger partial charge >= 0.3 is 6.03 Å². The van der Waals surface area contributed by atoms with Crippen LogP contribution in [0.25, 0.3) is 12.2 Å². The smallest absolute Gasteiger partial charge is 0.323 e. The molecule has 2 aliphatic rings. The zero-order chi connectivity index (χ0) is 45.1. The molecule has 2 amide bonds. The maximum absolute atomic E-state index is 13.6. The minimum Gasteiger partial charge on any atom is -0.493 e. The van der Waals surface area contributed by atoms with Gasteiger partial charge in [-0.15, -0.1) is 0 Å². The lowest BCUT2D eigenvalue weighted by Crippen LogP contribution is -2.27. The van der Waals surface area contributed by atoms with E-state index in [1.807, 2.05) is 0 Å². The van der Waals surface area contributed by atoms with Crippen LogP contribution in [-0.2, 0) is 20.2 Å². The number of anilines is 4. The average molecular weight is 893 g/mol. The van der Waals surface area contributed by atoms with E-state index in [0.717, 1.165) is 12.2 Å². The van der Waals surface area contributed by atoms with Crippen molar-refractivity contribution in [3.63, 3.8) is 0 Å². The van der Waals surface area contributed by atoms with Gasteiger partial charge in [-0.05, 0) is 59.7 Å². The molecule has 0 aromatic heterocycles. The van der Waals surface area contributed by atoms with Crippen LogP contribution in [0.5, 0.6) is 34.5 Å². The monoisotopic (exact) mass is 892 g/mol. The minimum atomic E-state index is -5.03. The number of fused-ring (bicyclic) bond motifs is 2. The highest BCUT2D eigenvalue weighted by molar-refractivity contribution is 7.91. The Labute approximate surface area is 353 Å². The predicted octanol–water partition coefficient (Wildman–Crippen LogP) is 5.17. The normalized spacial score (nSPS) is 14.8. The topological polar surface area (TPSA) is 288 Å². The average Bonchev–Trinajstić information content (AvgIpc) is 3.23. The summed E-state index contributed by atoms with van der Waals surface area (Å²) in [7, 11) is -1.72. The number of hydrogen-bond acceptors (Lipinski definition) is 17. The maximum Gasteiger partial charge on any atom is 0.323 e. The van der Waals surface area contributed by atoms with E-state index in [1.54, 1.807) is 0 Å². The van der Waals surface area contributed by atoms with E-state index in [4.69, 9.17) is 28.4 Å². The number of nitrogens with one attached hydrogen (secondary N) is 4. The first-order valence-electron chi connectivity index (χ1n) is 17.6. The number of rotatable bonds is 14. The fraction of sp³-hybridized carbons (Fsp3) is 0.154. The molecule has 4 aromatic carbocycles. The molecule has 0 unspecified atom stereocenters. The molecule has 0 aliphatic heterocycles. The van der Waals surface area contributed by atoms with Crippen LogP contribution < -0.4 is 49.9 Å². The summed E-state index contributed by atoms with van der Waals surface area (Å²) in [6, 6.07) is 12.8. The molecule has 0 fully saturated rings. The summed E-state index contributed by atoms with van der Waals surface area (Å²) in [5, 5.41) is 13.0. The molecule has 6 rings (SSSR count). The molecule has 324 valence electrons. The van der Waals surface area contributed by atoms with Crippen LogP contribution in [0.4, 0.5) is 27.5 Å². The predicted molar refractivity (Wildman–Crippen MR) is 228 cm³/mol. The highest BCUT2D eigenvalue weighted by atomic mass is 32.2. The van der Waals surface area contributed by atoms with Gasteiger partial charge in [0.25, 0.3) is 20.2 Å². The van der Waals surface area contributed by atoms with Crippen molar-refractivity contribution in [1.29, 1.82) is 0 Å². The van der Waals surface area contributed by atoms with Crippen molar-refractivity contribution >= 4 is 84.2 Å². The van der Waals surface area contributed by atoms with E-state index in [2.05, 4.69) is 31.7 Å². The van der Waals surface area contributed by atoms with Gasteiger partial charge in [-0.1, -0.05) is 0 Å². The molecular formula is C39H36N6O15S2. The minimum absolute atomic E-state index is 0.0135. The van der Waals surface area contributed by atoms with Gasteiger partial charge in [-0.2, -0.15) is 27.0 Å². The fourth-order valence-corrected chi connectivity index (χ4v) is 7.58. The molecule has 0 saturated carbocycles. The van der Waals surface area contributed by atoms with E-state index in [9.17, 15) is 40.3 Å². The molecule has 0 radical (unpaired) electrons. The summed E-state index contributed by atoms with van der Waals surface area (Å²) in [5.41, 5.74) is 4.46. The van der Waals surface area contributed by atoms with E-state index in [1.165, 1.54) is 103 Å². The van der Waals surface area contributed by atoms with E-state index in [-0.39, 0.29) is 79.5 Å². The summed E-state index contributed by atoms with van der Waals surface area (Å²) in [5.74, 6) is -0.288. The molecule has 21 nitrogen and oxygen atoms in total. The molecule has 0 atom stereocenters. The summed E-state index contributed by atoms with van der Waals surface area (Å²) >= 11 is 0. The van der Waals surface area contributed by atoms with Gasteiger partial charge in [0.1, 0.15) is 9.81 Å². The Morgan fingerprint density at radius 2 is 0.855 bits per heavy atom. The number of hydrogen-bond donors (Lipinski definition) is 6. The van der Waals surface area contributed by atoms with Gasteiger partial charge in [-0.3, -0.25) is 29.5 Å². The Morgan fingerprint density at radius 3 is 1.15 bits per heavy atom. The van der Waals surface area contributed by atoms with E-state index in [0.29, 0.717) is 0 Å². The summed E-state index contributed by atoms with van der Waals surface area (Å²) in [6.07, 6.45) is 2.00. The van der Waals surface area contributed by atoms with Crippen LogP contribution in [0.1, 0.15) is 31.8 Å². The summed E-state index contributed by atoms with van der Waals surface area (Å²) in [4.78, 5) is 38.6. The van der Waals surface area contributed by atoms with Gasteiger partial charge in [-0.25, -0.2) is 4.79 Å². The van der Waals surface area contributed by atoms with Crippen molar-refractivity contribution in [2.24, 2.45) is 10.2 Å². The van der Waals surface area contributed by atoms with Gasteiger partial charge in [0, 0.05) is 46.8 Å². The van der Waals surface area contributed by atoms with Crippen molar-refractivity contribution < 1.29 is 68.7 Å². The second-order valence-corrected chi connectivity index (χ2v) is 15.6.